The van der Waals surface area contributed by atoms with Crippen molar-refractivity contribution in [2.24, 2.45) is 5.73 Å². The molecule has 0 aliphatic heterocycles. The summed E-state index contributed by atoms with van der Waals surface area (Å²) in [6, 6.07) is 9.76. The molecule has 0 fully saturated rings. The van der Waals surface area contributed by atoms with Gasteiger partial charge < -0.3 is 5.73 Å². The third-order valence-corrected chi connectivity index (χ3v) is 3.78. The number of pyridine rings is 1. The van der Waals surface area contributed by atoms with Crippen LogP contribution in [0.5, 0.6) is 0 Å². The predicted molar refractivity (Wildman–Crippen MR) is 91.6 cm³/mol. The number of benzene rings is 1. The molecule has 3 heteroatoms. The second-order valence-corrected chi connectivity index (χ2v) is 5.27. The Balaban J connectivity index is 2.52. The lowest BCUT2D eigenvalue weighted by Crippen LogP contribution is -2.15. The van der Waals surface area contributed by atoms with Crippen LogP contribution in [0.2, 0.25) is 0 Å². The lowest BCUT2D eigenvalue weighted by Gasteiger charge is -2.13. The number of nitrogens with two attached hydrogens (primary N) is 1. The number of hydrogen-bond acceptors (Lipinski definition) is 2. The van der Waals surface area contributed by atoms with Crippen molar-refractivity contribution < 1.29 is 4.79 Å². The van der Waals surface area contributed by atoms with Gasteiger partial charge in [-0.1, -0.05) is 32.1 Å². The van der Waals surface area contributed by atoms with Crippen molar-refractivity contribution in [2.75, 3.05) is 0 Å². The van der Waals surface area contributed by atoms with Gasteiger partial charge >= 0.3 is 0 Å². The topological polar surface area (TPSA) is 56.0 Å². The summed E-state index contributed by atoms with van der Waals surface area (Å²) in [5, 5.41) is 0. The lowest BCUT2D eigenvalue weighted by molar-refractivity contribution is 0.0999. The van der Waals surface area contributed by atoms with E-state index in [2.05, 4.69) is 11.9 Å². The summed E-state index contributed by atoms with van der Waals surface area (Å²) in [7, 11) is 0. The van der Waals surface area contributed by atoms with Crippen molar-refractivity contribution >= 4 is 18.1 Å². The molecular weight excluding hydrogens is 272 g/mol. The second-order valence-electron chi connectivity index (χ2n) is 5.27. The molecule has 0 aliphatic rings. The maximum absolute atomic E-state index is 11.6. The Labute approximate surface area is 131 Å². The quantitative estimate of drug-likeness (QED) is 0.912. The molecule has 1 aromatic heterocycles. The average molecular weight is 294 g/mol. The molecule has 1 amide bonds. The van der Waals surface area contributed by atoms with Crippen LogP contribution in [-0.4, -0.2) is 10.9 Å². The second kappa shape index (κ2) is 7.03. The molecule has 1 aromatic carbocycles. The number of amides is 1. The minimum atomic E-state index is -0.372. The van der Waals surface area contributed by atoms with Crippen LogP contribution in [0.1, 0.15) is 52.3 Å². The maximum Gasteiger partial charge on any atom is 0.248 e. The summed E-state index contributed by atoms with van der Waals surface area (Å²) in [5.74, 6) is -0.372. The molecule has 0 bridgehead atoms. The van der Waals surface area contributed by atoms with Gasteiger partial charge in [-0.15, -0.1) is 0 Å². The van der Waals surface area contributed by atoms with Crippen molar-refractivity contribution in [3.63, 3.8) is 0 Å². The van der Waals surface area contributed by atoms with E-state index in [-0.39, 0.29) is 5.91 Å². The highest BCUT2D eigenvalue weighted by molar-refractivity contribution is 5.96. The first-order chi connectivity index (χ1) is 10.6. The van der Waals surface area contributed by atoms with Gasteiger partial charge in [0.2, 0.25) is 5.91 Å². The molecular formula is C19H22N2O. The summed E-state index contributed by atoms with van der Waals surface area (Å²) < 4.78 is 0. The van der Waals surface area contributed by atoms with Crippen molar-refractivity contribution in [3.05, 3.63) is 64.0 Å². The van der Waals surface area contributed by atoms with Crippen molar-refractivity contribution in [3.8, 4) is 0 Å². The van der Waals surface area contributed by atoms with Gasteiger partial charge in [-0.2, -0.15) is 0 Å². The van der Waals surface area contributed by atoms with E-state index in [0.717, 1.165) is 35.4 Å². The number of rotatable bonds is 5. The highest BCUT2D eigenvalue weighted by atomic mass is 16.1. The van der Waals surface area contributed by atoms with Crippen molar-refractivity contribution in [1.29, 1.82) is 0 Å². The average Bonchev–Trinajstić information content (AvgIpc) is 2.51. The van der Waals surface area contributed by atoms with Gasteiger partial charge in [-0.3, -0.25) is 9.78 Å². The Morgan fingerprint density at radius 1 is 1.14 bits per heavy atom. The molecule has 0 aliphatic carbocycles. The molecule has 2 rings (SSSR count). The highest BCUT2D eigenvalue weighted by Crippen LogP contribution is 2.23. The van der Waals surface area contributed by atoms with Gasteiger partial charge in [-0.05, 0) is 60.7 Å². The zero-order chi connectivity index (χ0) is 16.1. The molecule has 0 unspecified atom stereocenters. The van der Waals surface area contributed by atoms with Crippen LogP contribution in [0, 0.1) is 6.92 Å². The lowest BCUT2D eigenvalue weighted by atomic mass is 9.92. The Morgan fingerprint density at radius 2 is 1.91 bits per heavy atom. The zero-order valence-corrected chi connectivity index (χ0v) is 13.4. The molecule has 0 saturated heterocycles. The molecule has 0 saturated carbocycles. The largest absolute Gasteiger partial charge is 0.366 e. The monoisotopic (exact) mass is 294 g/mol. The third kappa shape index (κ3) is 3.42. The van der Waals surface area contributed by atoms with Crippen LogP contribution >= 0.6 is 0 Å². The fourth-order valence-electron chi connectivity index (χ4n) is 2.67. The standard InChI is InChI=1S/C19H22N2O/c1-4-14-9-11-18(19(20)22)16(5-2)17(14)12-10-15-8-6-7-13(3)21-15/h6-12H,4-5H2,1-3H3,(H2,20,22). The fourth-order valence-corrected chi connectivity index (χ4v) is 2.67. The molecule has 1 heterocycles. The van der Waals surface area contributed by atoms with Gasteiger partial charge in [0.05, 0.1) is 5.69 Å². The van der Waals surface area contributed by atoms with Gasteiger partial charge in [0.1, 0.15) is 0 Å². The first kappa shape index (κ1) is 16.0. The van der Waals surface area contributed by atoms with E-state index in [4.69, 9.17) is 5.73 Å². The SMILES string of the molecule is CCc1ccc(C(N)=O)c(CC)c1C=Cc1cccc(C)n1. The van der Waals surface area contributed by atoms with Crippen LogP contribution in [0.4, 0.5) is 0 Å². The van der Waals surface area contributed by atoms with Crippen LogP contribution in [0.3, 0.4) is 0 Å². The van der Waals surface area contributed by atoms with Crippen LogP contribution in [0.15, 0.2) is 30.3 Å². The summed E-state index contributed by atoms with van der Waals surface area (Å²) in [5.41, 5.74) is 11.3. The Bertz CT molecular complexity index is 717. The first-order valence-corrected chi connectivity index (χ1v) is 7.63. The Hall–Kier alpha value is -2.42. The molecule has 3 nitrogen and oxygen atoms in total. The predicted octanol–water partition coefficient (Wildman–Crippen LogP) is 3.78. The number of primary amides is 1. The van der Waals surface area contributed by atoms with Gasteiger partial charge in [0, 0.05) is 11.3 Å². The van der Waals surface area contributed by atoms with E-state index in [1.165, 1.54) is 5.56 Å². The minimum absolute atomic E-state index is 0.372. The summed E-state index contributed by atoms with van der Waals surface area (Å²) in [6.07, 6.45) is 5.72. The van der Waals surface area contributed by atoms with E-state index in [1.807, 2.05) is 56.3 Å². The molecule has 2 N–H and O–H groups in total. The van der Waals surface area contributed by atoms with Crippen LogP contribution in [0.25, 0.3) is 12.2 Å². The van der Waals surface area contributed by atoms with Crippen molar-refractivity contribution in [2.45, 2.75) is 33.6 Å². The van der Waals surface area contributed by atoms with E-state index in [9.17, 15) is 4.79 Å². The van der Waals surface area contributed by atoms with Gasteiger partial charge in [-0.25, -0.2) is 0 Å². The summed E-state index contributed by atoms with van der Waals surface area (Å²) in [6.45, 7) is 6.13. The maximum atomic E-state index is 11.6. The summed E-state index contributed by atoms with van der Waals surface area (Å²) in [4.78, 5) is 16.1. The van der Waals surface area contributed by atoms with Crippen molar-refractivity contribution in [1.82, 2.24) is 4.98 Å². The molecule has 0 atom stereocenters. The van der Waals surface area contributed by atoms with Gasteiger partial charge in [0.25, 0.3) is 0 Å². The molecule has 22 heavy (non-hydrogen) atoms. The van der Waals surface area contributed by atoms with Crippen LogP contribution in [-0.2, 0) is 12.8 Å². The normalized spacial score (nSPS) is 11.0. The van der Waals surface area contributed by atoms with E-state index >= 15 is 0 Å². The van der Waals surface area contributed by atoms with E-state index in [0.29, 0.717) is 5.56 Å². The van der Waals surface area contributed by atoms with Gasteiger partial charge in [0.15, 0.2) is 0 Å². The molecule has 2 aromatic rings. The number of aromatic nitrogens is 1. The zero-order valence-electron chi connectivity index (χ0n) is 13.4. The Kier molecular flexibility index (Phi) is 5.10. The minimum Gasteiger partial charge on any atom is -0.366 e. The van der Waals surface area contributed by atoms with Crippen LogP contribution < -0.4 is 5.73 Å². The molecule has 0 spiro atoms. The smallest absolute Gasteiger partial charge is 0.248 e. The number of hydrogen-bond donors (Lipinski definition) is 1. The number of carbonyl (C=O) groups excluding carboxylic acids is 1. The van der Waals surface area contributed by atoms with E-state index < -0.39 is 0 Å². The third-order valence-electron chi connectivity index (χ3n) is 3.78. The molecule has 114 valence electrons. The molecule has 0 radical (unpaired) electrons. The highest BCUT2D eigenvalue weighted by Gasteiger charge is 2.12. The van der Waals surface area contributed by atoms with E-state index in [1.54, 1.807) is 0 Å². The Morgan fingerprint density at radius 3 is 2.50 bits per heavy atom. The first-order valence-electron chi connectivity index (χ1n) is 7.63. The number of carbonyl (C=O) groups is 1. The number of aryl methyl sites for hydroxylation is 2. The number of nitrogens with zero attached hydrogens (tertiary/aromatic N) is 1. The fraction of sp³-hybridized carbons (Fsp3) is 0.263. The summed E-state index contributed by atoms with van der Waals surface area (Å²) >= 11 is 0.